The number of aromatic hydroxyl groups is 1. The molecule has 4 aromatic rings. The zero-order chi connectivity index (χ0) is 22.0. The number of hydrogen-bond acceptors (Lipinski definition) is 5. The molecule has 6 nitrogen and oxygen atoms in total. The first kappa shape index (κ1) is 20.8. The molecule has 2 aromatic carbocycles. The number of nitrogens with one attached hydrogen (secondary N) is 1. The summed E-state index contributed by atoms with van der Waals surface area (Å²) >= 11 is 1.39. The highest BCUT2D eigenvalue weighted by Gasteiger charge is 2.16. The van der Waals surface area contributed by atoms with Crippen molar-refractivity contribution >= 4 is 28.1 Å². The van der Waals surface area contributed by atoms with Crippen molar-refractivity contribution in [2.75, 3.05) is 19.7 Å². The van der Waals surface area contributed by atoms with Gasteiger partial charge >= 0.3 is 0 Å². The number of pyridine rings is 1. The second-order valence-electron chi connectivity index (χ2n) is 7.10. The summed E-state index contributed by atoms with van der Waals surface area (Å²) in [5, 5.41) is 22.4. The quantitative estimate of drug-likeness (QED) is 0.426. The lowest BCUT2D eigenvalue weighted by Gasteiger charge is -2.19. The molecule has 1 amide bonds. The van der Waals surface area contributed by atoms with Gasteiger partial charge < -0.3 is 20.1 Å². The second kappa shape index (κ2) is 8.75. The summed E-state index contributed by atoms with van der Waals surface area (Å²) in [7, 11) is 0. The number of aromatic nitrogens is 1. The maximum atomic E-state index is 12.6. The number of rotatable bonds is 6. The molecule has 0 fully saturated rings. The van der Waals surface area contributed by atoms with E-state index in [1.807, 2.05) is 42.6 Å². The third kappa shape index (κ3) is 3.97. The smallest absolute Gasteiger partial charge is 0.260 e. The van der Waals surface area contributed by atoms with Gasteiger partial charge in [-0.1, -0.05) is 24.3 Å². The predicted octanol–water partition coefficient (Wildman–Crippen LogP) is 4.08. The van der Waals surface area contributed by atoms with E-state index in [0.29, 0.717) is 34.4 Å². The Morgan fingerprint density at radius 3 is 2.48 bits per heavy atom. The largest absolute Gasteiger partial charge is 0.506 e. The molecule has 0 aliphatic carbocycles. The molecular weight excluding hydrogens is 412 g/mol. The molecule has 31 heavy (non-hydrogen) atoms. The molecule has 0 saturated carbocycles. The van der Waals surface area contributed by atoms with Crippen molar-refractivity contribution in [3.63, 3.8) is 0 Å². The monoisotopic (exact) mass is 434 g/mol. The maximum Gasteiger partial charge on any atom is 0.260 e. The normalized spacial score (nSPS) is 11.0. The van der Waals surface area contributed by atoms with Gasteiger partial charge in [-0.2, -0.15) is 0 Å². The average Bonchev–Trinajstić information content (AvgIpc) is 3.31. The minimum Gasteiger partial charge on any atom is -0.506 e. The molecule has 0 bridgehead atoms. The van der Waals surface area contributed by atoms with Crippen LogP contribution in [0, 0.1) is 0 Å². The Bertz CT molecular complexity index is 1280. The first-order valence-electron chi connectivity index (χ1n) is 9.97. The van der Waals surface area contributed by atoms with Gasteiger partial charge in [-0.05, 0) is 53.8 Å². The van der Waals surface area contributed by atoms with Crippen LogP contribution in [0.5, 0.6) is 5.75 Å². The fourth-order valence-corrected chi connectivity index (χ4v) is 4.39. The highest BCUT2D eigenvalue weighted by molar-refractivity contribution is 7.13. The maximum absolute atomic E-state index is 12.6. The summed E-state index contributed by atoms with van der Waals surface area (Å²) < 4.78 is 0. The number of fused-ring (bicyclic) bond motifs is 1. The number of nitrogens with zero attached hydrogens (tertiary/aromatic N) is 1. The van der Waals surface area contributed by atoms with Crippen LogP contribution in [0.1, 0.15) is 17.3 Å². The van der Waals surface area contributed by atoms with Crippen LogP contribution in [0.2, 0.25) is 0 Å². The summed E-state index contributed by atoms with van der Waals surface area (Å²) in [6.07, 6.45) is 0. The summed E-state index contributed by atoms with van der Waals surface area (Å²) in [5.74, 6) is -0.171. The Labute approximate surface area is 183 Å². The Morgan fingerprint density at radius 1 is 1.10 bits per heavy atom. The number of aliphatic hydroxyl groups excluding tert-OH is 1. The molecule has 0 aliphatic rings. The van der Waals surface area contributed by atoms with Crippen LogP contribution >= 0.6 is 11.3 Å². The van der Waals surface area contributed by atoms with Crippen LogP contribution in [-0.4, -0.2) is 45.7 Å². The Hall–Kier alpha value is -3.42. The lowest BCUT2D eigenvalue weighted by Crippen LogP contribution is -2.33. The number of thiophene rings is 1. The first-order chi connectivity index (χ1) is 15.0. The Kier molecular flexibility index (Phi) is 5.88. The van der Waals surface area contributed by atoms with Crippen molar-refractivity contribution in [2.45, 2.75) is 6.92 Å². The number of amides is 1. The summed E-state index contributed by atoms with van der Waals surface area (Å²) in [5.41, 5.74) is 2.78. The van der Waals surface area contributed by atoms with E-state index in [4.69, 9.17) is 5.11 Å². The summed E-state index contributed by atoms with van der Waals surface area (Å²) in [6.45, 7) is 2.62. The molecule has 0 radical (unpaired) electrons. The van der Waals surface area contributed by atoms with Crippen molar-refractivity contribution in [2.24, 2.45) is 0 Å². The zero-order valence-electron chi connectivity index (χ0n) is 17.0. The molecule has 0 aliphatic heterocycles. The summed E-state index contributed by atoms with van der Waals surface area (Å²) in [4.78, 5) is 30.2. The Morgan fingerprint density at radius 2 is 1.84 bits per heavy atom. The molecule has 0 saturated heterocycles. The van der Waals surface area contributed by atoms with Crippen molar-refractivity contribution in [1.29, 1.82) is 0 Å². The average molecular weight is 435 g/mol. The minimum absolute atomic E-state index is 0.0440. The van der Waals surface area contributed by atoms with E-state index in [2.05, 4.69) is 4.98 Å². The van der Waals surface area contributed by atoms with Crippen molar-refractivity contribution in [1.82, 2.24) is 9.88 Å². The number of carbonyl (C=O) groups is 1. The van der Waals surface area contributed by atoms with Crippen LogP contribution in [-0.2, 0) is 0 Å². The Balaban J connectivity index is 1.72. The van der Waals surface area contributed by atoms with Gasteiger partial charge in [-0.15, -0.1) is 11.3 Å². The molecule has 4 rings (SSSR count). The van der Waals surface area contributed by atoms with Crippen molar-refractivity contribution in [3.05, 3.63) is 75.9 Å². The second-order valence-corrected chi connectivity index (χ2v) is 8.05. The SMILES string of the molecule is CCN(CCO)C(=O)c1ccc(-c2ccc3[nH]c(=O)c(-c4cccs4)c(O)c3c2)cc1. The van der Waals surface area contributed by atoms with E-state index >= 15 is 0 Å². The number of aliphatic hydroxyl groups is 1. The van der Waals surface area contributed by atoms with Gasteiger partial charge in [0.2, 0.25) is 0 Å². The van der Waals surface area contributed by atoms with Gasteiger partial charge in [0, 0.05) is 28.9 Å². The van der Waals surface area contributed by atoms with Crippen LogP contribution < -0.4 is 5.56 Å². The molecule has 0 atom stereocenters. The highest BCUT2D eigenvalue weighted by Crippen LogP contribution is 2.36. The van der Waals surface area contributed by atoms with E-state index in [1.165, 1.54) is 11.3 Å². The third-order valence-electron chi connectivity index (χ3n) is 5.26. The molecule has 0 spiro atoms. The van der Waals surface area contributed by atoms with Crippen molar-refractivity contribution < 1.29 is 15.0 Å². The molecule has 2 aromatic heterocycles. The predicted molar refractivity (Wildman–Crippen MR) is 124 cm³/mol. The van der Waals surface area contributed by atoms with E-state index in [-0.39, 0.29) is 29.4 Å². The van der Waals surface area contributed by atoms with Gasteiger partial charge in [0.1, 0.15) is 5.75 Å². The van der Waals surface area contributed by atoms with Crippen LogP contribution in [0.25, 0.3) is 32.5 Å². The zero-order valence-corrected chi connectivity index (χ0v) is 17.8. The lowest BCUT2D eigenvalue weighted by molar-refractivity contribution is 0.0732. The van der Waals surface area contributed by atoms with Gasteiger partial charge in [0.05, 0.1) is 17.7 Å². The van der Waals surface area contributed by atoms with Gasteiger partial charge in [-0.25, -0.2) is 0 Å². The number of H-pyrrole nitrogens is 1. The molecule has 2 heterocycles. The fraction of sp³-hybridized carbons (Fsp3) is 0.167. The third-order valence-corrected chi connectivity index (χ3v) is 6.15. The fourth-order valence-electron chi connectivity index (χ4n) is 3.62. The van der Waals surface area contributed by atoms with Crippen LogP contribution in [0.4, 0.5) is 0 Å². The van der Waals surface area contributed by atoms with Crippen molar-refractivity contribution in [3.8, 4) is 27.3 Å². The van der Waals surface area contributed by atoms with E-state index < -0.39 is 0 Å². The summed E-state index contributed by atoms with van der Waals surface area (Å²) in [6, 6.07) is 16.3. The van der Waals surface area contributed by atoms with Gasteiger partial charge in [-0.3, -0.25) is 9.59 Å². The van der Waals surface area contributed by atoms with Gasteiger partial charge in [0.15, 0.2) is 0 Å². The standard InChI is InChI=1S/C24H22N2O4S/c1-2-26(11-12-27)24(30)16-7-5-15(6-8-16)17-9-10-19-18(14-17)22(28)21(23(29)25-19)20-4-3-13-31-20/h3-10,13-14,27H,2,11-12H2,1H3,(H2,25,28,29). The molecule has 0 unspecified atom stereocenters. The van der Waals surface area contributed by atoms with E-state index in [1.54, 1.807) is 29.2 Å². The molecular formula is C24H22N2O4S. The van der Waals surface area contributed by atoms with E-state index in [9.17, 15) is 14.7 Å². The lowest BCUT2D eigenvalue weighted by atomic mass is 10.00. The highest BCUT2D eigenvalue weighted by atomic mass is 32.1. The number of likely N-dealkylation sites (N-methyl/N-ethyl adjacent to an activating group) is 1. The van der Waals surface area contributed by atoms with E-state index in [0.717, 1.165) is 11.1 Å². The van der Waals surface area contributed by atoms with Crippen LogP contribution in [0.15, 0.2) is 64.8 Å². The molecule has 7 heteroatoms. The topological polar surface area (TPSA) is 93.6 Å². The first-order valence-corrected chi connectivity index (χ1v) is 10.8. The number of aromatic amines is 1. The van der Waals surface area contributed by atoms with Gasteiger partial charge in [0.25, 0.3) is 11.5 Å². The number of hydrogen-bond donors (Lipinski definition) is 3. The molecule has 3 N–H and O–H groups in total. The van der Waals surface area contributed by atoms with Crippen LogP contribution in [0.3, 0.4) is 0 Å². The molecule has 158 valence electrons. The number of carbonyl (C=O) groups excluding carboxylic acids is 1. The number of benzene rings is 2. The minimum atomic E-state index is -0.327.